The summed E-state index contributed by atoms with van der Waals surface area (Å²) in [6.45, 7) is 6.27. The first-order chi connectivity index (χ1) is 10.8. The van der Waals surface area contributed by atoms with Crippen LogP contribution < -0.4 is 11.1 Å². The number of carbonyl (C=O) groups is 1. The predicted octanol–water partition coefficient (Wildman–Crippen LogP) is 2.07. The van der Waals surface area contributed by atoms with Crippen molar-refractivity contribution in [3.8, 4) is 0 Å². The van der Waals surface area contributed by atoms with Crippen LogP contribution in [0.15, 0.2) is 12.5 Å². The Morgan fingerprint density at radius 1 is 1.48 bits per heavy atom. The Morgan fingerprint density at radius 2 is 2.22 bits per heavy atom. The van der Waals surface area contributed by atoms with E-state index in [1.54, 1.807) is 0 Å². The van der Waals surface area contributed by atoms with E-state index in [2.05, 4.69) is 42.4 Å². The summed E-state index contributed by atoms with van der Waals surface area (Å²) in [5.74, 6) is 0.286. The summed E-state index contributed by atoms with van der Waals surface area (Å²) in [6, 6.07) is 0.160. The molecule has 7 nitrogen and oxygen atoms in total. The number of esters is 1. The molecule has 0 amide bonds. The second-order valence-electron chi connectivity index (χ2n) is 6.78. The van der Waals surface area contributed by atoms with Crippen LogP contribution in [0.3, 0.4) is 0 Å². The monoisotopic (exact) mass is 429 g/mol. The number of ether oxygens (including phenoxy) is 1. The molecule has 8 heteroatoms. The maximum absolute atomic E-state index is 12.0. The summed E-state index contributed by atoms with van der Waals surface area (Å²) in [7, 11) is 0. The number of halogens is 1. The number of nitrogen functional groups attached to an aromatic ring is 1. The summed E-state index contributed by atoms with van der Waals surface area (Å²) >= 11 is 2.24. The quantitative estimate of drug-likeness (QED) is 0.561. The van der Waals surface area contributed by atoms with E-state index in [0.717, 1.165) is 14.6 Å². The van der Waals surface area contributed by atoms with Gasteiger partial charge in [0.15, 0.2) is 6.23 Å². The SMILES string of the molecule is CC(C)(C)C(=O)OC1C[C@@H](n2cc(I)c3c(N)ncnc32)CN1. The molecule has 1 saturated heterocycles. The normalized spacial score (nSPS) is 21.7. The zero-order valence-electron chi connectivity index (χ0n) is 13.3. The molecule has 1 aliphatic heterocycles. The number of nitrogens with one attached hydrogen (secondary N) is 1. The van der Waals surface area contributed by atoms with Crippen molar-refractivity contribution < 1.29 is 9.53 Å². The number of fused-ring (bicyclic) bond motifs is 1. The fourth-order valence-electron chi connectivity index (χ4n) is 2.63. The van der Waals surface area contributed by atoms with Crippen molar-refractivity contribution in [3.63, 3.8) is 0 Å². The molecule has 1 unspecified atom stereocenters. The lowest BCUT2D eigenvalue weighted by atomic mass is 9.97. The maximum atomic E-state index is 12.0. The van der Waals surface area contributed by atoms with Crippen molar-refractivity contribution in [2.24, 2.45) is 5.41 Å². The number of rotatable bonds is 2. The Balaban J connectivity index is 1.80. The largest absolute Gasteiger partial charge is 0.446 e. The van der Waals surface area contributed by atoms with Crippen LogP contribution >= 0.6 is 22.6 Å². The van der Waals surface area contributed by atoms with Crippen LogP contribution in [0, 0.1) is 8.99 Å². The Hall–Kier alpha value is -1.42. The first-order valence-corrected chi connectivity index (χ1v) is 8.56. The van der Waals surface area contributed by atoms with Crippen LogP contribution in [0.25, 0.3) is 11.0 Å². The van der Waals surface area contributed by atoms with Crippen molar-refractivity contribution in [1.82, 2.24) is 19.9 Å². The number of nitrogens with zero attached hydrogens (tertiary/aromatic N) is 3. The van der Waals surface area contributed by atoms with Crippen LogP contribution in [0.5, 0.6) is 0 Å². The smallest absolute Gasteiger partial charge is 0.312 e. The van der Waals surface area contributed by atoms with Gasteiger partial charge in [0, 0.05) is 22.7 Å². The summed E-state index contributed by atoms with van der Waals surface area (Å²) in [6.07, 6.45) is 3.92. The highest BCUT2D eigenvalue weighted by molar-refractivity contribution is 14.1. The van der Waals surface area contributed by atoms with Crippen molar-refractivity contribution in [2.75, 3.05) is 12.3 Å². The molecule has 1 aliphatic rings. The molecule has 124 valence electrons. The van der Waals surface area contributed by atoms with Gasteiger partial charge in [-0.2, -0.15) is 0 Å². The van der Waals surface area contributed by atoms with Crippen molar-refractivity contribution in [3.05, 3.63) is 16.1 Å². The lowest BCUT2D eigenvalue weighted by molar-refractivity contribution is -0.159. The van der Waals surface area contributed by atoms with Crippen LogP contribution in [-0.4, -0.2) is 33.3 Å². The van der Waals surface area contributed by atoms with Crippen LogP contribution in [0.4, 0.5) is 5.82 Å². The maximum Gasteiger partial charge on any atom is 0.312 e. The molecular formula is C15H20IN5O2. The van der Waals surface area contributed by atoms with Crippen LogP contribution in [0.1, 0.15) is 33.2 Å². The van der Waals surface area contributed by atoms with E-state index in [9.17, 15) is 4.79 Å². The second kappa shape index (κ2) is 5.90. The highest BCUT2D eigenvalue weighted by atomic mass is 127. The number of nitrogens with two attached hydrogens (primary N) is 1. The minimum Gasteiger partial charge on any atom is -0.446 e. The molecule has 0 radical (unpaired) electrons. The Labute approximate surface area is 148 Å². The number of hydrogen-bond acceptors (Lipinski definition) is 6. The molecule has 0 aromatic carbocycles. The summed E-state index contributed by atoms with van der Waals surface area (Å²) in [4.78, 5) is 20.4. The highest BCUT2D eigenvalue weighted by Gasteiger charge is 2.33. The number of anilines is 1. The molecule has 0 bridgehead atoms. The fourth-order valence-corrected chi connectivity index (χ4v) is 3.45. The molecule has 2 atom stereocenters. The molecule has 2 aromatic heterocycles. The van der Waals surface area contributed by atoms with Crippen molar-refractivity contribution in [2.45, 2.75) is 39.5 Å². The summed E-state index contributed by atoms with van der Waals surface area (Å²) in [5.41, 5.74) is 6.27. The first kappa shape index (κ1) is 16.4. The molecule has 1 fully saturated rings. The number of hydrogen-bond donors (Lipinski definition) is 2. The summed E-state index contributed by atoms with van der Waals surface area (Å²) < 4.78 is 8.66. The van der Waals surface area contributed by atoms with Gasteiger partial charge in [0.05, 0.1) is 16.8 Å². The van der Waals surface area contributed by atoms with E-state index in [1.165, 1.54) is 6.33 Å². The van der Waals surface area contributed by atoms with Gasteiger partial charge in [0.1, 0.15) is 17.8 Å². The molecule has 23 heavy (non-hydrogen) atoms. The van der Waals surface area contributed by atoms with E-state index in [0.29, 0.717) is 18.8 Å². The predicted molar refractivity (Wildman–Crippen MR) is 95.6 cm³/mol. The van der Waals surface area contributed by atoms with Gasteiger partial charge in [-0.05, 0) is 43.4 Å². The molecule has 3 rings (SSSR count). The Kier molecular flexibility index (Phi) is 4.21. The third kappa shape index (κ3) is 3.14. The van der Waals surface area contributed by atoms with Crippen LogP contribution in [-0.2, 0) is 9.53 Å². The lowest BCUT2D eigenvalue weighted by Gasteiger charge is -2.20. The van der Waals surface area contributed by atoms with Gasteiger partial charge < -0.3 is 15.0 Å². The van der Waals surface area contributed by atoms with E-state index >= 15 is 0 Å². The zero-order chi connectivity index (χ0) is 16.8. The van der Waals surface area contributed by atoms with Crippen LogP contribution in [0.2, 0.25) is 0 Å². The molecule has 0 aliphatic carbocycles. The zero-order valence-corrected chi connectivity index (χ0v) is 15.5. The second-order valence-corrected chi connectivity index (χ2v) is 7.95. The number of carbonyl (C=O) groups excluding carboxylic acids is 1. The highest BCUT2D eigenvalue weighted by Crippen LogP contribution is 2.31. The van der Waals surface area contributed by atoms with Gasteiger partial charge in [0.2, 0.25) is 0 Å². The standard InChI is InChI=1S/C15H20IN5O2/c1-15(2,3)14(22)23-10-4-8(5-18-10)21-6-9(16)11-12(17)19-7-20-13(11)21/h6-8,10,18H,4-5H2,1-3H3,(H2,17,19,20)/t8-,10?/m1/s1. The molecule has 0 saturated carbocycles. The fraction of sp³-hybridized carbons (Fsp3) is 0.533. The molecule has 3 heterocycles. The van der Waals surface area contributed by atoms with E-state index in [1.807, 2.05) is 27.0 Å². The third-order valence-corrected chi connectivity index (χ3v) is 4.73. The summed E-state index contributed by atoms with van der Waals surface area (Å²) in [5, 5.41) is 4.13. The minimum atomic E-state index is -0.503. The average Bonchev–Trinajstić information content (AvgIpc) is 3.03. The van der Waals surface area contributed by atoms with E-state index in [-0.39, 0.29) is 18.2 Å². The van der Waals surface area contributed by atoms with Gasteiger partial charge in [-0.25, -0.2) is 9.97 Å². The molecule has 2 aromatic rings. The third-order valence-electron chi connectivity index (χ3n) is 3.91. The van der Waals surface area contributed by atoms with Crippen molar-refractivity contribution in [1.29, 1.82) is 0 Å². The molecule has 3 N–H and O–H groups in total. The van der Waals surface area contributed by atoms with Gasteiger partial charge >= 0.3 is 5.97 Å². The van der Waals surface area contributed by atoms with Gasteiger partial charge in [-0.3, -0.25) is 10.1 Å². The van der Waals surface area contributed by atoms with Gasteiger partial charge in [-0.1, -0.05) is 0 Å². The Bertz CT molecular complexity index is 752. The minimum absolute atomic E-state index is 0.160. The van der Waals surface area contributed by atoms with E-state index < -0.39 is 5.41 Å². The number of aromatic nitrogens is 3. The van der Waals surface area contributed by atoms with E-state index in [4.69, 9.17) is 10.5 Å². The van der Waals surface area contributed by atoms with Gasteiger partial charge in [0.25, 0.3) is 0 Å². The Morgan fingerprint density at radius 3 is 2.91 bits per heavy atom. The lowest BCUT2D eigenvalue weighted by Crippen LogP contribution is -2.33. The average molecular weight is 429 g/mol. The molecule has 0 spiro atoms. The van der Waals surface area contributed by atoms with Gasteiger partial charge in [-0.15, -0.1) is 0 Å². The van der Waals surface area contributed by atoms with Crippen molar-refractivity contribution >= 4 is 45.4 Å². The topological polar surface area (TPSA) is 95.1 Å². The first-order valence-electron chi connectivity index (χ1n) is 7.48. The molecular weight excluding hydrogens is 409 g/mol.